The minimum absolute atomic E-state index is 0.119. The first kappa shape index (κ1) is 15.2. The normalized spacial score (nSPS) is 16.1. The van der Waals surface area contributed by atoms with Gasteiger partial charge in [-0.05, 0) is 15.5 Å². The number of imidazole rings is 1. The maximum absolute atomic E-state index is 12.9. The molecular weight excluding hydrogens is 300 g/mol. The monoisotopic (exact) mass is 316 g/mol. The van der Waals surface area contributed by atoms with E-state index in [0.717, 1.165) is 5.56 Å². The first-order chi connectivity index (χ1) is 11.2. The zero-order chi connectivity index (χ0) is 16.2. The Bertz CT molecular complexity index is 695. The van der Waals surface area contributed by atoms with E-state index < -0.39 is 11.0 Å². The van der Waals surface area contributed by atoms with Gasteiger partial charge in [0.15, 0.2) is 0 Å². The number of carbonyl (C=O) groups is 1. The van der Waals surface area contributed by atoms with Crippen molar-refractivity contribution in [2.45, 2.75) is 6.04 Å². The van der Waals surface area contributed by atoms with Gasteiger partial charge in [-0.2, -0.15) is 0 Å². The van der Waals surface area contributed by atoms with Crippen molar-refractivity contribution in [3.8, 4) is 0 Å². The smallest absolute Gasteiger partial charge is 0.378 e. The van der Waals surface area contributed by atoms with Gasteiger partial charge >= 0.3 is 5.82 Å². The zero-order valence-electron chi connectivity index (χ0n) is 12.4. The van der Waals surface area contributed by atoms with Gasteiger partial charge in [-0.3, -0.25) is 9.36 Å². The largest absolute Gasteiger partial charge is 0.381 e. The Kier molecular flexibility index (Phi) is 4.33. The summed E-state index contributed by atoms with van der Waals surface area (Å²) in [4.78, 5) is 28.7. The van der Waals surface area contributed by atoms with Crippen LogP contribution in [0.1, 0.15) is 11.6 Å². The summed E-state index contributed by atoms with van der Waals surface area (Å²) >= 11 is 0. The third-order valence-corrected chi connectivity index (χ3v) is 3.75. The maximum Gasteiger partial charge on any atom is 0.381 e. The molecule has 0 unspecified atom stereocenters. The van der Waals surface area contributed by atoms with E-state index in [0.29, 0.717) is 26.3 Å². The number of carbonyl (C=O) groups excluding carboxylic acids is 1. The minimum atomic E-state index is -0.671. The molecule has 3 rings (SSSR count). The molecule has 1 fully saturated rings. The van der Waals surface area contributed by atoms with Crippen LogP contribution >= 0.6 is 0 Å². The van der Waals surface area contributed by atoms with Gasteiger partial charge in [0.25, 0.3) is 5.91 Å². The maximum atomic E-state index is 12.9. The molecule has 1 aromatic carbocycles. The Morgan fingerprint density at radius 2 is 1.96 bits per heavy atom. The highest BCUT2D eigenvalue weighted by atomic mass is 16.6. The summed E-state index contributed by atoms with van der Waals surface area (Å²) in [5.41, 5.74) is 0.760. The molecule has 1 amide bonds. The first-order valence-electron chi connectivity index (χ1n) is 7.26. The third-order valence-electron chi connectivity index (χ3n) is 3.75. The van der Waals surface area contributed by atoms with Gasteiger partial charge in [-0.25, -0.2) is 0 Å². The van der Waals surface area contributed by atoms with E-state index in [9.17, 15) is 14.9 Å². The van der Waals surface area contributed by atoms with E-state index in [1.54, 1.807) is 4.90 Å². The lowest BCUT2D eigenvalue weighted by Gasteiger charge is -2.30. The van der Waals surface area contributed by atoms with Crippen molar-refractivity contribution in [1.29, 1.82) is 0 Å². The number of nitrogens with zero attached hydrogens (tertiary/aromatic N) is 4. The van der Waals surface area contributed by atoms with Gasteiger partial charge in [-0.1, -0.05) is 30.3 Å². The molecule has 1 aliphatic rings. The molecule has 1 saturated heterocycles. The van der Waals surface area contributed by atoms with Crippen molar-refractivity contribution in [3.63, 3.8) is 0 Å². The molecule has 8 nitrogen and oxygen atoms in total. The fourth-order valence-corrected chi connectivity index (χ4v) is 2.60. The van der Waals surface area contributed by atoms with Crippen molar-refractivity contribution >= 4 is 11.7 Å². The number of amides is 1. The lowest BCUT2D eigenvalue weighted by molar-refractivity contribution is -0.389. The highest BCUT2D eigenvalue weighted by Gasteiger charge is 2.30. The van der Waals surface area contributed by atoms with Crippen LogP contribution in [0, 0.1) is 10.1 Å². The van der Waals surface area contributed by atoms with Crippen molar-refractivity contribution in [2.75, 3.05) is 26.3 Å². The number of aromatic nitrogens is 2. The van der Waals surface area contributed by atoms with Crippen molar-refractivity contribution < 1.29 is 14.5 Å². The van der Waals surface area contributed by atoms with Crippen LogP contribution in [-0.4, -0.2) is 51.6 Å². The second kappa shape index (κ2) is 6.57. The molecule has 1 aromatic heterocycles. The SMILES string of the molecule is O=C([C@H](c1ccccc1)n1cnc([N+](=O)[O-])c1)N1CCOCC1. The Balaban J connectivity index is 1.96. The minimum Gasteiger partial charge on any atom is -0.378 e. The Hall–Kier alpha value is -2.74. The average Bonchev–Trinajstić information content (AvgIpc) is 3.07. The van der Waals surface area contributed by atoms with Gasteiger partial charge in [-0.15, -0.1) is 0 Å². The Morgan fingerprint density at radius 1 is 1.26 bits per heavy atom. The molecule has 0 radical (unpaired) electrons. The Morgan fingerprint density at radius 3 is 2.57 bits per heavy atom. The number of benzene rings is 1. The lowest BCUT2D eigenvalue weighted by Crippen LogP contribution is -2.44. The van der Waals surface area contributed by atoms with Gasteiger partial charge < -0.3 is 19.8 Å². The van der Waals surface area contributed by atoms with Crippen molar-refractivity contribution in [3.05, 3.63) is 58.5 Å². The van der Waals surface area contributed by atoms with Crippen LogP contribution in [0.2, 0.25) is 0 Å². The molecule has 0 N–H and O–H groups in total. The fourth-order valence-electron chi connectivity index (χ4n) is 2.60. The molecule has 120 valence electrons. The third kappa shape index (κ3) is 3.21. The van der Waals surface area contributed by atoms with E-state index in [1.807, 2.05) is 30.3 Å². The first-order valence-corrected chi connectivity index (χ1v) is 7.26. The molecule has 1 aliphatic heterocycles. The molecule has 0 bridgehead atoms. The summed E-state index contributed by atoms with van der Waals surface area (Å²) in [6.07, 6.45) is 2.62. The molecule has 1 atom stereocenters. The molecule has 8 heteroatoms. The predicted octanol–water partition coefficient (Wildman–Crippen LogP) is 1.24. The van der Waals surface area contributed by atoms with Crippen LogP contribution in [0.15, 0.2) is 42.9 Å². The van der Waals surface area contributed by atoms with Gasteiger partial charge in [0.1, 0.15) is 12.2 Å². The van der Waals surface area contributed by atoms with E-state index >= 15 is 0 Å². The molecule has 2 aromatic rings. The molecule has 2 heterocycles. The average molecular weight is 316 g/mol. The molecule has 0 spiro atoms. The number of rotatable bonds is 4. The van der Waals surface area contributed by atoms with Crippen molar-refractivity contribution in [1.82, 2.24) is 14.5 Å². The van der Waals surface area contributed by atoms with E-state index in [1.165, 1.54) is 17.1 Å². The van der Waals surface area contributed by atoms with Crippen LogP contribution in [0.5, 0.6) is 0 Å². The van der Waals surface area contributed by atoms with Crippen LogP contribution < -0.4 is 0 Å². The number of ether oxygens (including phenoxy) is 1. The van der Waals surface area contributed by atoms with Gasteiger partial charge in [0.2, 0.25) is 6.33 Å². The van der Waals surface area contributed by atoms with Crippen LogP contribution in [0.3, 0.4) is 0 Å². The predicted molar refractivity (Wildman–Crippen MR) is 80.9 cm³/mol. The summed E-state index contributed by atoms with van der Waals surface area (Å²) in [6, 6.07) is 8.51. The summed E-state index contributed by atoms with van der Waals surface area (Å²) in [5.74, 6) is -0.396. The highest BCUT2D eigenvalue weighted by molar-refractivity contribution is 5.83. The number of morpholine rings is 1. The van der Waals surface area contributed by atoms with E-state index in [4.69, 9.17) is 4.74 Å². The number of nitro groups is 1. The summed E-state index contributed by atoms with van der Waals surface area (Å²) < 4.78 is 6.77. The molecular formula is C15H16N4O4. The Labute approximate surface area is 132 Å². The zero-order valence-corrected chi connectivity index (χ0v) is 12.4. The fraction of sp³-hybridized carbons (Fsp3) is 0.333. The summed E-state index contributed by atoms with van der Waals surface area (Å²) in [5, 5.41) is 10.9. The standard InChI is InChI=1S/C15H16N4O4/c20-15(17-6-8-23-9-7-17)14(12-4-2-1-3-5-12)18-10-13(16-11-18)19(21)22/h1-5,10-11,14H,6-9H2/t14-/m0/s1. The van der Waals surface area contributed by atoms with E-state index in [-0.39, 0.29) is 11.7 Å². The van der Waals surface area contributed by atoms with Gasteiger partial charge in [0.05, 0.1) is 13.2 Å². The molecule has 23 heavy (non-hydrogen) atoms. The topological polar surface area (TPSA) is 90.5 Å². The van der Waals surface area contributed by atoms with Crippen LogP contribution in [0.4, 0.5) is 5.82 Å². The number of hydrogen-bond donors (Lipinski definition) is 0. The highest BCUT2D eigenvalue weighted by Crippen LogP contribution is 2.23. The second-order valence-electron chi connectivity index (χ2n) is 5.19. The van der Waals surface area contributed by atoms with Crippen LogP contribution in [-0.2, 0) is 9.53 Å². The quantitative estimate of drug-likeness (QED) is 0.625. The number of hydrogen-bond acceptors (Lipinski definition) is 5. The van der Waals surface area contributed by atoms with E-state index in [2.05, 4.69) is 4.98 Å². The summed E-state index contributed by atoms with van der Waals surface area (Å²) in [7, 11) is 0. The molecule has 0 saturated carbocycles. The van der Waals surface area contributed by atoms with Gasteiger partial charge in [0, 0.05) is 13.1 Å². The lowest BCUT2D eigenvalue weighted by atomic mass is 10.1. The second-order valence-corrected chi connectivity index (χ2v) is 5.19. The van der Waals surface area contributed by atoms with Crippen molar-refractivity contribution in [2.24, 2.45) is 0 Å². The summed E-state index contributed by atoms with van der Waals surface area (Å²) in [6.45, 7) is 2.02. The van der Waals surface area contributed by atoms with Crippen LogP contribution in [0.25, 0.3) is 0 Å². The molecule has 0 aliphatic carbocycles.